The first-order valence-electron chi connectivity index (χ1n) is 8.81. The Morgan fingerprint density at radius 3 is 2.44 bits per heavy atom. The van der Waals surface area contributed by atoms with Crippen LogP contribution in [0.1, 0.15) is 20.3 Å². The molecule has 27 heavy (non-hydrogen) atoms. The minimum Gasteiger partial charge on any atom is -0.497 e. The Bertz CT molecular complexity index is 746. The van der Waals surface area contributed by atoms with Crippen molar-refractivity contribution < 1.29 is 14.3 Å². The lowest BCUT2D eigenvalue weighted by atomic mass is 9.79. The van der Waals surface area contributed by atoms with E-state index in [-0.39, 0.29) is 12.0 Å². The Balaban J connectivity index is 3.08. The van der Waals surface area contributed by atoms with Crippen LogP contribution in [0.15, 0.2) is 97.4 Å². The van der Waals surface area contributed by atoms with Crippen LogP contribution in [0.2, 0.25) is 0 Å². The van der Waals surface area contributed by atoms with Gasteiger partial charge in [0.2, 0.25) is 0 Å². The molecule has 1 aliphatic rings. The first-order valence-corrected chi connectivity index (χ1v) is 8.81. The molecule has 0 N–H and O–H groups in total. The third kappa shape index (κ3) is 6.45. The van der Waals surface area contributed by atoms with Gasteiger partial charge in [-0.3, -0.25) is 0 Å². The van der Waals surface area contributed by atoms with Crippen molar-refractivity contribution in [1.29, 1.82) is 0 Å². The van der Waals surface area contributed by atoms with Crippen LogP contribution in [0.3, 0.4) is 0 Å². The molecule has 2 atom stereocenters. The van der Waals surface area contributed by atoms with Crippen LogP contribution in [0, 0.1) is 11.3 Å². The fourth-order valence-electron chi connectivity index (χ4n) is 2.79. The summed E-state index contributed by atoms with van der Waals surface area (Å²) >= 11 is 0. The van der Waals surface area contributed by atoms with Gasteiger partial charge in [0.25, 0.3) is 0 Å². The first kappa shape index (κ1) is 22.2. The molecule has 0 aliphatic heterocycles. The van der Waals surface area contributed by atoms with E-state index in [1.807, 2.05) is 6.08 Å². The Kier molecular flexibility index (Phi) is 8.04. The second-order valence-electron chi connectivity index (χ2n) is 6.97. The topological polar surface area (TPSA) is 35.5 Å². The maximum Gasteiger partial charge on any atom is 0.330 e. The summed E-state index contributed by atoms with van der Waals surface area (Å²) in [6.45, 7) is 24.0. The Morgan fingerprint density at radius 2 is 1.93 bits per heavy atom. The van der Waals surface area contributed by atoms with Crippen LogP contribution < -0.4 is 0 Å². The van der Waals surface area contributed by atoms with E-state index in [0.29, 0.717) is 22.8 Å². The molecule has 0 aromatic carbocycles. The summed E-state index contributed by atoms with van der Waals surface area (Å²) in [5, 5.41) is 0. The highest BCUT2D eigenvalue weighted by Gasteiger charge is 2.30. The number of carbonyl (C=O) groups excluding carboxylic acids is 1. The maximum atomic E-state index is 11.5. The predicted molar refractivity (Wildman–Crippen MR) is 113 cm³/mol. The smallest absolute Gasteiger partial charge is 0.330 e. The molecule has 0 bridgehead atoms. The van der Waals surface area contributed by atoms with Gasteiger partial charge in [-0.15, -0.1) is 0 Å². The van der Waals surface area contributed by atoms with Crippen molar-refractivity contribution in [1.82, 2.24) is 0 Å². The van der Waals surface area contributed by atoms with Gasteiger partial charge in [-0.2, -0.15) is 0 Å². The molecule has 0 fully saturated rings. The number of ether oxygens (including phenoxy) is 2. The average molecular weight is 367 g/mol. The highest BCUT2D eigenvalue weighted by Crippen LogP contribution is 2.41. The van der Waals surface area contributed by atoms with E-state index < -0.39 is 5.97 Å². The van der Waals surface area contributed by atoms with E-state index in [9.17, 15) is 4.79 Å². The van der Waals surface area contributed by atoms with E-state index in [0.717, 1.165) is 23.6 Å². The van der Waals surface area contributed by atoms with Gasteiger partial charge >= 0.3 is 5.97 Å². The summed E-state index contributed by atoms with van der Waals surface area (Å²) < 4.78 is 10.3. The van der Waals surface area contributed by atoms with Gasteiger partial charge in [-0.25, -0.2) is 4.79 Å². The first-order chi connectivity index (χ1) is 12.6. The summed E-state index contributed by atoms with van der Waals surface area (Å²) in [6.07, 6.45) is 11.9. The van der Waals surface area contributed by atoms with Gasteiger partial charge in [0.05, 0.1) is 7.11 Å². The quantitative estimate of drug-likeness (QED) is 0.165. The van der Waals surface area contributed by atoms with E-state index in [2.05, 4.69) is 58.9 Å². The number of esters is 1. The lowest BCUT2D eigenvalue weighted by Gasteiger charge is -2.25. The summed E-state index contributed by atoms with van der Waals surface area (Å²) in [4.78, 5) is 11.5. The molecule has 0 saturated carbocycles. The normalized spacial score (nSPS) is 21.7. The largest absolute Gasteiger partial charge is 0.497 e. The van der Waals surface area contributed by atoms with E-state index in [1.54, 1.807) is 19.3 Å². The molecule has 3 nitrogen and oxygen atoms in total. The Hall–Kier alpha value is -2.81. The second-order valence-corrected chi connectivity index (χ2v) is 6.97. The van der Waals surface area contributed by atoms with Gasteiger partial charge in [0, 0.05) is 11.5 Å². The van der Waals surface area contributed by atoms with Crippen molar-refractivity contribution in [3.63, 3.8) is 0 Å². The molecule has 0 spiro atoms. The Labute approximate surface area is 163 Å². The summed E-state index contributed by atoms with van der Waals surface area (Å²) in [5.41, 5.74) is 2.87. The predicted octanol–water partition coefficient (Wildman–Crippen LogP) is 5.63. The van der Waals surface area contributed by atoms with Gasteiger partial charge in [0.1, 0.15) is 12.4 Å². The molecule has 0 saturated heterocycles. The van der Waals surface area contributed by atoms with E-state index in [1.165, 1.54) is 0 Å². The number of rotatable bonds is 10. The molecule has 1 rings (SSSR count). The van der Waals surface area contributed by atoms with Gasteiger partial charge in [-0.05, 0) is 40.7 Å². The zero-order valence-electron chi connectivity index (χ0n) is 16.7. The van der Waals surface area contributed by atoms with Crippen LogP contribution >= 0.6 is 0 Å². The molecule has 0 aromatic rings. The molecule has 1 aliphatic carbocycles. The minimum atomic E-state index is -0.492. The maximum absolute atomic E-state index is 11.5. The highest BCUT2D eigenvalue weighted by atomic mass is 16.5. The van der Waals surface area contributed by atoms with Crippen molar-refractivity contribution in [2.75, 3.05) is 13.7 Å². The van der Waals surface area contributed by atoms with Gasteiger partial charge in [0.15, 0.2) is 0 Å². The van der Waals surface area contributed by atoms with Crippen molar-refractivity contribution in [3.05, 3.63) is 97.4 Å². The fraction of sp³-hybridized carbons (Fsp3) is 0.292. The van der Waals surface area contributed by atoms with Crippen LogP contribution in [0.5, 0.6) is 0 Å². The number of allylic oxidation sites excluding steroid dienone is 7. The van der Waals surface area contributed by atoms with Crippen LogP contribution in [-0.2, 0) is 14.3 Å². The SMILES string of the molecule is C=CC(=O)OC/C(=C/C(=C)[C@@]1(C)C=CC(C)C1)C(=C)C(=C)/C=C\C(=C)OC. The Morgan fingerprint density at radius 1 is 1.26 bits per heavy atom. The van der Waals surface area contributed by atoms with Crippen molar-refractivity contribution in [2.24, 2.45) is 11.3 Å². The molecule has 0 radical (unpaired) electrons. The molecule has 0 heterocycles. The van der Waals surface area contributed by atoms with Crippen LogP contribution in [0.25, 0.3) is 0 Å². The average Bonchev–Trinajstić information content (AvgIpc) is 3.01. The highest BCUT2D eigenvalue weighted by molar-refractivity contribution is 5.81. The third-order valence-corrected chi connectivity index (χ3v) is 4.67. The number of hydrogen-bond acceptors (Lipinski definition) is 3. The van der Waals surface area contributed by atoms with Crippen molar-refractivity contribution >= 4 is 5.97 Å². The number of hydrogen-bond donors (Lipinski definition) is 0. The lowest BCUT2D eigenvalue weighted by molar-refractivity contribution is -0.136. The van der Waals surface area contributed by atoms with Crippen molar-refractivity contribution in [3.8, 4) is 0 Å². The second kappa shape index (κ2) is 9.77. The number of carbonyl (C=O) groups is 1. The zero-order valence-corrected chi connectivity index (χ0v) is 16.7. The summed E-state index contributed by atoms with van der Waals surface area (Å²) in [5.74, 6) is 0.520. The molecule has 1 unspecified atom stereocenters. The molecule has 3 heteroatoms. The molecular formula is C24H30O3. The molecule has 144 valence electrons. The summed E-state index contributed by atoms with van der Waals surface area (Å²) in [6, 6.07) is 0. The summed E-state index contributed by atoms with van der Waals surface area (Å²) in [7, 11) is 1.55. The molecule has 0 amide bonds. The monoisotopic (exact) mass is 366 g/mol. The minimum absolute atomic E-state index is 0.0656. The van der Waals surface area contributed by atoms with E-state index >= 15 is 0 Å². The van der Waals surface area contributed by atoms with Crippen LogP contribution in [-0.4, -0.2) is 19.7 Å². The standard InChI is InChI=1S/C24H30O3/c1-9-23(25)27-16-22(21(6)18(3)10-11-20(5)26-8)14-19(4)24(7)13-12-17(2)15-24/h9-14,17H,1,3-6,15-16H2,2,7-8H3/b11-10-,22-14-/t17?,24-/m0/s1. The van der Waals surface area contributed by atoms with Crippen LogP contribution in [0.4, 0.5) is 0 Å². The van der Waals surface area contributed by atoms with Gasteiger partial charge in [-0.1, -0.05) is 71.0 Å². The van der Waals surface area contributed by atoms with Gasteiger partial charge < -0.3 is 9.47 Å². The molecular weight excluding hydrogens is 336 g/mol. The number of methoxy groups -OCH3 is 1. The lowest BCUT2D eigenvalue weighted by Crippen LogP contribution is -2.14. The molecule has 0 aromatic heterocycles. The van der Waals surface area contributed by atoms with Crippen molar-refractivity contribution in [2.45, 2.75) is 20.3 Å². The third-order valence-electron chi connectivity index (χ3n) is 4.67. The van der Waals surface area contributed by atoms with E-state index in [4.69, 9.17) is 9.47 Å². The fourth-order valence-corrected chi connectivity index (χ4v) is 2.79. The zero-order chi connectivity index (χ0) is 20.6.